The molecule has 3 heteroatoms. The molecule has 0 saturated heterocycles. The Morgan fingerprint density at radius 3 is 2.71 bits per heavy atom. The minimum Gasteiger partial charge on any atom is -0.351 e. The van der Waals surface area contributed by atoms with Gasteiger partial charge in [0.05, 0.1) is 10.6 Å². The molecule has 1 amide bonds. The minimum absolute atomic E-state index is 0. The molecule has 24 heavy (non-hydrogen) atoms. The van der Waals surface area contributed by atoms with E-state index < -0.39 is 0 Å². The smallest absolute Gasteiger partial charge is 0.252 e. The summed E-state index contributed by atoms with van der Waals surface area (Å²) in [7, 11) is 0. The standard InChI is InChI=1S/C20H26ClNO.CH2/c1-2-5-15-8-9-18(21)17(12-15)19(23)22-14-20-10-3-6-16(13-20)7-4-11-20;/h2,8-9,12,16H,1,3-7,10-11,13-14H2,(H,22,23);1H2. The van der Waals surface area contributed by atoms with E-state index in [1.165, 1.54) is 44.9 Å². The molecule has 2 aliphatic rings. The Labute approximate surface area is 151 Å². The summed E-state index contributed by atoms with van der Waals surface area (Å²) in [6.07, 6.45) is 11.8. The molecule has 0 spiro atoms. The zero-order valence-electron chi connectivity index (χ0n) is 14.5. The fourth-order valence-electron chi connectivity index (χ4n) is 4.47. The molecule has 0 heterocycles. The fourth-order valence-corrected chi connectivity index (χ4v) is 4.68. The van der Waals surface area contributed by atoms with Gasteiger partial charge in [-0.2, -0.15) is 0 Å². The summed E-state index contributed by atoms with van der Waals surface area (Å²) in [5, 5.41) is 3.70. The van der Waals surface area contributed by atoms with Crippen LogP contribution in [0.4, 0.5) is 0 Å². The minimum atomic E-state index is -0.0389. The van der Waals surface area contributed by atoms with Crippen LogP contribution in [0.5, 0.6) is 0 Å². The Morgan fingerprint density at radius 2 is 2.04 bits per heavy atom. The Hall–Kier alpha value is -1.28. The highest BCUT2D eigenvalue weighted by atomic mass is 35.5. The number of benzene rings is 1. The number of carbonyl (C=O) groups excluding carboxylic acids is 1. The first-order valence-electron chi connectivity index (χ1n) is 8.79. The lowest BCUT2D eigenvalue weighted by Crippen LogP contribution is -2.43. The van der Waals surface area contributed by atoms with E-state index in [0.29, 0.717) is 16.0 Å². The topological polar surface area (TPSA) is 29.1 Å². The third kappa shape index (κ3) is 4.22. The summed E-state index contributed by atoms with van der Waals surface area (Å²) in [6, 6.07) is 5.65. The maximum atomic E-state index is 12.6. The zero-order chi connectivity index (χ0) is 16.3. The molecule has 2 aliphatic carbocycles. The lowest BCUT2D eigenvalue weighted by atomic mass is 9.62. The van der Waals surface area contributed by atoms with Gasteiger partial charge in [-0.1, -0.05) is 56.9 Å². The molecular weight excluding hydrogens is 318 g/mol. The molecule has 2 radical (unpaired) electrons. The van der Waals surface area contributed by atoms with E-state index in [4.69, 9.17) is 11.6 Å². The average Bonchev–Trinajstić information content (AvgIpc) is 2.55. The van der Waals surface area contributed by atoms with Crippen LogP contribution in [-0.2, 0) is 6.42 Å². The maximum absolute atomic E-state index is 12.6. The van der Waals surface area contributed by atoms with Gasteiger partial charge in [0, 0.05) is 6.54 Å². The first-order chi connectivity index (χ1) is 11.1. The number of amides is 1. The Morgan fingerprint density at radius 1 is 1.33 bits per heavy atom. The molecule has 1 aromatic carbocycles. The Bertz CT molecular complexity index is 586. The number of nitrogens with one attached hydrogen (secondary N) is 1. The van der Waals surface area contributed by atoms with Crippen molar-refractivity contribution in [2.75, 3.05) is 6.54 Å². The van der Waals surface area contributed by atoms with Crippen LogP contribution < -0.4 is 5.32 Å². The second-order valence-electron chi connectivity index (χ2n) is 7.34. The highest BCUT2D eigenvalue weighted by Crippen LogP contribution is 2.48. The summed E-state index contributed by atoms with van der Waals surface area (Å²) in [4.78, 5) is 12.6. The first-order valence-corrected chi connectivity index (χ1v) is 9.17. The van der Waals surface area contributed by atoms with Crippen molar-refractivity contribution >= 4 is 17.5 Å². The van der Waals surface area contributed by atoms with Crippen LogP contribution in [0.25, 0.3) is 0 Å². The van der Waals surface area contributed by atoms with Crippen LogP contribution in [0.2, 0.25) is 5.02 Å². The van der Waals surface area contributed by atoms with Crippen molar-refractivity contribution in [2.24, 2.45) is 11.3 Å². The molecule has 0 aliphatic heterocycles. The number of hydrogen-bond acceptors (Lipinski definition) is 1. The Balaban J connectivity index is 0.00000208. The molecular formula is C21H28ClNO. The monoisotopic (exact) mass is 345 g/mol. The molecule has 0 aromatic heterocycles. The highest BCUT2D eigenvalue weighted by molar-refractivity contribution is 6.33. The summed E-state index contributed by atoms with van der Waals surface area (Å²) in [5.41, 5.74) is 2.00. The van der Waals surface area contributed by atoms with E-state index in [0.717, 1.165) is 24.4 Å². The van der Waals surface area contributed by atoms with E-state index in [1.54, 1.807) is 0 Å². The van der Waals surface area contributed by atoms with Crippen molar-refractivity contribution in [3.63, 3.8) is 0 Å². The van der Waals surface area contributed by atoms with Gasteiger partial charge in [-0.15, -0.1) is 6.58 Å². The fraction of sp³-hybridized carbons (Fsp3) is 0.524. The van der Waals surface area contributed by atoms with E-state index in [-0.39, 0.29) is 13.3 Å². The van der Waals surface area contributed by atoms with E-state index in [1.807, 2.05) is 24.3 Å². The lowest BCUT2D eigenvalue weighted by molar-refractivity contribution is 0.0682. The quantitative estimate of drug-likeness (QED) is 0.703. The molecule has 2 nitrogen and oxygen atoms in total. The first kappa shape index (κ1) is 19.1. The molecule has 1 N–H and O–H groups in total. The van der Waals surface area contributed by atoms with Crippen molar-refractivity contribution in [3.8, 4) is 0 Å². The van der Waals surface area contributed by atoms with Gasteiger partial charge in [0.25, 0.3) is 5.91 Å². The normalized spacial score (nSPS) is 25.5. The van der Waals surface area contributed by atoms with Gasteiger partial charge in [-0.05, 0) is 54.7 Å². The van der Waals surface area contributed by atoms with Crippen LogP contribution in [-0.4, -0.2) is 12.5 Å². The maximum Gasteiger partial charge on any atom is 0.252 e. The molecule has 3 rings (SSSR count). The summed E-state index contributed by atoms with van der Waals surface area (Å²) >= 11 is 6.23. The number of fused-ring (bicyclic) bond motifs is 2. The predicted molar refractivity (Wildman–Crippen MR) is 101 cm³/mol. The van der Waals surface area contributed by atoms with Gasteiger partial charge >= 0.3 is 0 Å². The molecule has 2 bridgehead atoms. The van der Waals surface area contributed by atoms with Gasteiger partial charge in [0.1, 0.15) is 0 Å². The highest BCUT2D eigenvalue weighted by Gasteiger charge is 2.39. The van der Waals surface area contributed by atoms with Crippen LogP contribution in [0, 0.1) is 18.8 Å². The number of hydrogen-bond donors (Lipinski definition) is 1. The van der Waals surface area contributed by atoms with E-state index in [9.17, 15) is 4.79 Å². The Kier molecular flexibility index (Phi) is 6.51. The van der Waals surface area contributed by atoms with Crippen molar-refractivity contribution in [2.45, 2.75) is 51.4 Å². The SMILES string of the molecule is C=CCc1ccc(Cl)c(C(=O)NCC23CCCC(CCC2)C3)c1.[CH2]. The predicted octanol–water partition coefficient (Wildman–Crippen LogP) is 5.49. The number of allylic oxidation sites excluding steroid dienone is 1. The molecule has 0 atom stereocenters. The summed E-state index contributed by atoms with van der Waals surface area (Å²) in [6.45, 7) is 4.55. The van der Waals surface area contributed by atoms with Gasteiger partial charge in [0.15, 0.2) is 0 Å². The van der Waals surface area contributed by atoms with Crippen molar-refractivity contribution in [1.82, 2.24) is 5.32 Å². The van der Waals surface area contributed by atoms with Gasteiger partial charge < -0.3 is 5.32 Å². The zero-order valence-corrected chi connectivity index (χ0v) is 15.2. The number of halogens is 1. The van der Waals surface area contributed by atoms with Crippen molar-refractivity contribution < 1.29 is 4.79 Å². The second-order valence-corrected chi connectivity index (χ2v) is 7.75. The molecule has 0 unspecified atom stereocenters. The molecule has 130 valence electrons. The van der Waals surface area contributed by atoms with Crippen LogP contribution in [0.1, 0.15) is 60.9 Å². The van der Waals surface area contributed by atoms with Crippen LogP contribution >= 0.6 is 11.6 Å². The van der Waals surface area contributed by atoms with Crippen molar-refractivity contribution in [3.05, 3.63) is 54.4 Å². The third-order valence-electron chi connectivity index (χ3n) is 5.64. The molecule has 2 fully saturated rings. The average molecular weight is 346 g/mol. The third-order valence-corrected chi connectivity index (χ3v) is 5.97. The van der Waals surface area contributed by atoms with Gasteiger partial charge in [-0.3, -0.25) is 4.79 Å². The van der Waals surface area contributed by atoms with Gasteiger partial charge in [0.2, 0.25) is 0 Å². The summed E-state index contributed by atoms with van der Waals surface area (Å²) in [5.74, 6) is 0.844. The number of rotatable bonds is 5. The second kappa shape index (κ2) is 8.20. The van der Waals surface area contributed by atoms with E-state index in [2.05, 4.69) is 11.9 Å². The van der Waals surface area contributed by atoms with Crippen molar-refractivity contribution in [1.29, 1.82) is 0 Å². The van der Waals surface area contributed by atoms with Crippen LogP contribution in [0.15, 0.2) is 30.9 Å². The summed E-state index contributed by atoms with van der Waals surface area (Å²) < 4.78 is 0. The molecule has 1 aromatic rings. The largest absolute Gasteiger partial charge is 0.351 e. The number of carbonyl (C=O) groups is 1. The van der Waals surface area contributed by atoms with Crippen LogP contribution in [0.3, 0.4) is 0 Å². The molecule has 2 saturated carbocycles. The van der Waals surface area contributed by atoms with E-state index >= 15 is 0 Å². The lowest BCUT2D eigenvalue weighted by Gasteiger charge is -2.45. The van der Waals surface area contributed by atoms with Gasteiger partial charge in [-0.25, -0.2) is 0 Å².